The van der Waals surface area contributed by atoms with Gasteiger partial charge in [-0.2, -0.15) is 4.68 Å². The van der Waals surface area contributed by atoms with Crippen molar-refractivity contribution in [2.45, 2.75) is 19.4 Å². The predicted molar refractivity (Wildman–Crippen MR) is 70.6 cm³/mol. The Kier molecular flexibility index (Phi) is 3.66. The molecular formula is C12H15N5O3. The molecule has 1 unspecified atom stereocenters. The molecule has 2 aromatic rings. The quantitative estimate of drug-likeness (QED) is 0.716. The molecule has 8 heteroatoms. The number of benzene rings is 1. The smallest absolute Gasteiger partial charge is 0.337 e. The van der Waals surface area contributed by atoms with Crippen LogP contribution in [0.5, 0.6) is 0 Å². The molecule has 3 N–H and O–H groups in total. The third-order valence-corrected chi connectivity index (χ3v) is 2.80. The molecule has 0 amide bonds. The molecule has 1 atom stereocenters. The van der Waals surface area contributed by atoms with Crippen molar-refractivity contribution in [2.75, 3.05) is 11.9 Å². The van der Waals surface area contributed by atoms with Crippen LogP contribution >= 0.6 is 0 Å². The molecule has 1 aromatic carbocycles. The summed E-state index contributed by atoms with van der Waals surface area (Å²) in [5.41, 5.74) is -0.0624. The van der Waals surface area contributed by atoms with E-state index in [0.717, 1.165) is 11.3 Å². The van der Waals surface area contributed by atoms with E-state index in [1.165, 1.54) is 11.6 Å². The van der Waals surface area contributed by atoms with Gasteiger partial charge >= 0.3 is 5.97 Å². The van der Waals surface area contributed by atoms with Crippen LogP contribution in [0.15, 0.2) is 24.3 Å². The van der Waals surface area contributed by atoms with E-state index in [2.05, 4.69) is 20.8 Å². The highest BCUT2D eigenvalue weighted by Crippen LogP contribution is 2.13. The summed E-state index contributed by atoms with van der Waals surface area (Å²) >= 11 is 0. The van der Waals surface area contributed by atoms with Gasteiger partial charge in [0.15, 0.2) is 5.60 Å². The molecule has 0 fully saturated rings. The standard InChI is InChI=1S/C12H15N5O3/c1-8-3-5-9(6-4-8)17-11(14-15-16-17)13-7-12(2,20)10(18)19/h3-6,20H,7H2,1-2H3,(H,18,19)(H,13,14,16). The number of nitrogens with one attached hydrogen (secondary N) is 1. The maximum atomic E-state index is 10.8. The van der Waals surface area contributed by atoms with Gasteiger partial charge in [-0.3, -0.25) is 0 Å². The first kappa shape index (κ1) is 13.9. The molecule has 106 valence electrons. The van der Waals surface area contributed by atoms with Crippen LogP contribution in [-0.4, -0.2) is 48.5 Å². The number of hydrogen-bond donors (Lipinski definition) is 3. The molecule has 0 radical (unpaired) electrons. The summed E-state index contributed by atoms with van der Waals surface area (Å²) in [5, 5.41) is 32.3. The molecular weight excluding hydrogens is 262 g/mol. The molecule has 1 heterocycles. The Bertz CT molecular complexity index is 606. The van der Waals surface area contributed by atoms with Crippen molar-refractivity contribution in [1.29, 1.82) is 0 Å². The van der Waals surface area contributed by atoms with Gasteiger partial charge in [-0.05, 0) is 36.4 Å². The van der Waals surface area contributed by atoms with Gasteiger partial charge in [0, 0.05) is 0 Å². The van der Waals surface area contributed by atoms with Crippen LogP contribution < -0.4 is 5.32 Å². The molecule has 1 aromatic heterocycles. The van der Waals surface area contributed by atoms with Crippen LogP contribution in [0.1, 0.15) is 12.5 Å². The van der Waals surface area contributed by atoms with Gasteiger partial charge in [-0.1, -0.05) is 22.8 Å². The van der Waals surface area contributed by atoms with Crippen LogP contribution in [-0.2, 0) is 4.79 Å². The molecule has 0 saturated carbocycles. The van der Waals surface area contributed by atoms with E-state index in [0.29, 0.717) is 0 Å². The van der Waals surface area contributed by atoms with E-state index >= 15 is 0 Å². The summed E-state index contributed by atoms with van der Waals surface area (Å²) in [5.74, 6) is -1.06. The highest BCUT2D eigenvalue weighted by atomic mass is 16.4. The van der Waals surface area contributed by atoms with Crippen LogP contribution in [0.4, 0.5) is 5.95 Å². The van der Waals surface area contributed by atoms with E-state index in [1.807, 2.05) is 31.2 Å². The molecule has 0 spiro atoms. The number of carboxylic acid groups (broad SMARTS) is 1. The number of tetrazole rings is 1. The van der Waals surface area contributed by atoms with Crippen LogP contribution in [0.25, 0.3) is 5.69 Å². The minimum absolute atomic E-state index is 0.214. The van der Waals surface area contributed by atoms with Crippen molar-refractivity contribution in [3.05, 3.63) is 29.8 Å². The van der Waals surface area contributed by atoms with E-state index in [-0.39, 0.29) is 12.5 Å². The van der Waals surface area contributed by atoms with Crippen molar-refractivity contribution in [3.8, 4) is 5.69 Å². The molecule has 20 heavy (non-hydrogen) atoms. The van der Waals surface area contributed by atoms with Gasteiger partial charge in [0.25, 0.3) is 0 Å². The van der Waals surface area contributed by atoms with E-state index < -0.39 is 11.6 Å². The summed E-state index contributed by atoms with van der Waals surface area (Å²) < 4.78 is 1.43. The van der Waals surface area contributed by atoms with Gasteiger partial charge in [-0.25, -0.2) is 4.79 Å². The second-order valence-electron chi connectivity index (χ2n) is 4.68. The Hall–Kier alpha value is -2.48. The minimum Gasteiger partial charge on any atom is -0.479 e. The molecule has 0 aliphatic heterocycles. The van der Waals surface area contributed by atoms with Gasteiger partial charge in [0.05, 0.1) is 12.2 Å². The zero-order valence-corrected chi connectivity index (χ0v) is 11.1. The van der Waals surface area contributed by atoms with Gasteiger partial charge in [0.2, 0.25) is 5.95 Å². The Labute approximate surface area is 115 Å². The van der Waals surface area contributed by atoms with Crippen LogP contribution in [0.3, 0.4) is 0 Å². The summed E-state index contributed by atoms with van der Waals surface area (Å²) in [7, 11) is 0. The second-order valence-corrected chi connectivity index (χ2v) is 4.68. The third-order valence-electron chi connectivity index (χ3n) is 2.80. The number of carbonyl (C=O) groups is 1. The highest BCUT2D eigenvalue weighted by Gasteiger charge is 2.30. The van der Waals surface area contributed by atoms with Crippen molar-refractivity contribution in [1.82, 2.24) is 20.2 Å². The fourth-order valence-corrected chi connectivity index (χ4v) is 1.48. The largest absolute Gasteiger partial charge is 0.479 e. The number of anilines is 1. The Balaban J connectivity index is 2.17. The molecule has 0 aliphatic rings. The lowest BCUT2D eigenvalue weighted by Crippen LogP contribution is -2.42. The third kappa shape index (κ3) is 2.91. The van der Waals surface area contributed by atoms with E-state index in [9.17, 15) is 9.90 Å². The first-order valence-electron chi connectivity index (χ1n) is 5.95. The predicted octanol–water partition coefficient (Wildman–Crippen LogP) is 0.218. The van der Waals surface area contributed by atoms with Gasteiger partial charge in [-0.15, -0.1) is 0 Å². The first-order valence-corrected chi connectivity index (χ1v) is 5.95. The monoisotopic (exact) mass is 277 g/mol. The van der Waals surface area contributed by atoms with E-state index in [4.69, 9.17) is 5.11 Å². The molecule has 0 aliphatic carbocycles. The molecule has 2 rings (SSSR count). The van der Waals surface area contributed by atoms with Crippen LogP contribution in [0, 0.1) is 6.92 Å². The summed E-state index contributed by atoms with van der Waals surface area (Å²) in [4.78, 5) is 10.8. The summed E-state index contributed by atoms with van der Waals surface area (Å²) in [6.45, 7) is 2.95. The SMILES string of the molecule is Cc1ccc(-n2nnnc2NCC(C)(O)C(=O)O)cc1. The number of hydrogen-bond acceptors (Lipinski definition) is 6. The summed E-state index contributed by atoms with van der Waals surface area (Å²) in [6.07, 6.45) is 0. The lowest BCUT2D eigenvalue weighted by atomic mass is 10.1. The second kappa shape index (κ2) is 5.25. The lowest BCUT2D eigenvalue weighted by molar-refractivity contribution is -0.155. The number of carboxylic acids is 1. The average Bonchev–Trinajstić information content (AvgIpc) is 2.85. The fraction of sp³-hybridized carbons (Fsp3) is 0.333. The van der Waals surface area contributed by atoms with Crippen molar-refractivity contribution in [3.63, 3.8) is 0 Å². The topological polar surface area (TPSA) is 113 Å². The Morgan fingerprint density at radius 1 is 1.40 bits per heavy atom. The number of aromatic nitrogens is 4. The van der Waals surface area contributed by atoms with Gasteiger partial charge < -0.3 is 15.5 Å². The van der Waals surface area contributed by atoms with Crippen LogP contribution in [0.2, 0.25) is 0 Å². The van der Waals surface area contributed by atoms with Gasteiger partial charge in [0.1, 0.15) is 0 Å². The number of rotatable bonds is 5. The highest BCUT2D eigenvalue weighted by molar-refractivity contribution is 5.77. The van der Waals surface area contributed by atoms with Crippen molar-refractivity contribution >= 4 is 11.9 Å². The Morgan fingerprint density at radius 2 is 2.05 bits per heavy atom. The number of aryl methyl sites for hydroxylation is 1. The zero-order chi connectivity index (χ0) is 14.8. The first-order chi connectivity index (χ1) is 9.40. The Morgan fingerprint density at radius 3 is 2.65 bits per heavy atom. The fourth-order valence-electron chi connectivity index (χ4n) is 1.48. The minimum atomic E-state index is -1.90. The van der Waals surface area contributed by atoms with Crippen molar-refractivity contribution in [2.24, 2.45) is 0 Å². The average molecular weight is 277 g/mol. The molecule has 0 bridgehead atoms. The lowest BCUT2D eigenvalue weighted by Gasteiger charge is -2.18. The zero-order valence-electron chi connectivity index (χ0n) is 11.1. The maximum absolute atomic E-state index is 10.8. The molecule has 8 nitrogen and oxygen atoms in total. The number of nitrogens with zero attached hydrogens (tertiary/aromatic N) is 4. The van der Waals surface area contributed by atoms with Crippen molar-refractivity contribution < 1.29 is 15.0 Å². The normalized spacial score (nSPS) is 13.8. The maximum Gasteiger partial charge on any atom is 0.337 e. The summed E-state index contributed by atoms with van der Waals surface area (Å²) in [6, 6.07) is 7.50. The van der Waals surface area contributed by atoms with E-state index in [1.54, 1.807) is 0 Å². The molecule has 0 saturated heterocycles. The number of aliphatic hydroxyl groups is 1. The number of aliphatic carboxylic acids is 1.